The average molecular weight is 398 g/mol. The van der Waals surface area contributed by atoms with Crippen LogP contribution >= 0.6 is 55.1 Å². The van der Waals surface area contributed by atoms with Gasteiger partial charge in [0.05, 0.1) is 9.50 Å². The topological polar surface area (TPSA) is 22.1 Å². The Kier molecular flexibility index (Phi) is 4.31. The molecule has 0 atom stereocenters. The predicted octanol–water partition coefficient (Wildman–Crippen LogP) is 5.71. The highest BCUT2D eigenvalue weighted by Crippen LogP contribution is 2.36. The molecule has 1 aromatic heterocycles. The van der Waals surface area contributed by atoms with Crippen molar-refractivity contribution in [2.75, 3.05) is 0 Å². The van der Waals surface area contributed by atoms with E-state index in [9.17, 15) is 0 Å². The Labute approximate surface area is 125 Å². The molecule has 0 aliphatic carbocycles. The molecule has 0 unspecified atom stereocenters. The molecule has 1 aromatic carbocycles. The first-order chi connectivity index (χ1) is 8.08. The number of benzene rings is 1. The number of halogens is 4. The predicted molar refractivity (Wildman–Crippen MR) is 76.2 cm³/mol. The largest absolute Gasteiger partial charge is 0.436 e. The molecule has 2 nitrogen and oxygen atoms in total. The van der Waals surface area contributed by atoms with Gasteiger partial charge in [0.2, 0.25) is 5.88 Å². The Bertz CT molecular complexity index is 563. The van der Waals surface area contributed by atoms with E-state index in [0.717, 1.165) is 8.95 Å². The molecule has 0 saturated heterocycles. The lowest BCUT2D eigenvalue weighted by Gasteiger charge is -2.08. The quantitative estimate of drug-likeness (QED) is 0.647. The molecule has 1 heterocycles. The summed E-state index contributed by atoms with van der Waals surface area (Å²) in [4.78, 5) is 4.13. The molecule has 0 amide bonds. The second-order valence-corrected chi connectivity index (χ2v) is 5.65. The SMILES string of the molecule is Clc1cccc(Oc2ncc(Br)cc2Br)c1Cl. The number of nitrogens with zero attached hydrogens (tertiary/aromatic N) is 1. The van der Waals surface area contributed by atoms with Crippen molar-refractivity contribution in [3.8, 4) is 11.6 Å². The molecule has 6 heteroatoms. The van der Waals surface area contributed by atoms with Gasteiger partial charge in [-0.15, -0.1) is 0 Å². The molecule has 0 spiro atoms. The van der Waals surface area contributed by atoms with Gasteiger partial charge in [0.25, 0.3) is 0 Å². The molecular weight excluding hydrogens is 393 g/mol. The fraction of sp³-hybridized carbons (Fsp3) is 0. The minimum atomic E-state index is 0.366. The summed E-state index contributed by atoms with van der Waals surface area (Å²) in [7, 11) is 0. The molecule has 0 N–H and O–H groups in total. The van der Waals surface area contributed by atoms with Gasteiger partial charge in [0, 0.05) is 10.7 Å². The highest BCUT2D eigenvalue weighted by molar-refractivity contribution is 9.11. The highest BCUT2D eigenvalue weighted by atomic mass is 79.9. The van der Waals surface area contributed by atoms with Crippen molar-refractivity contribution in [3.63, 3.8) is 0 Å². The minimum Gasteiger partial charge on any atom is -0.436 e. The summed E-state index contributed by atoms with van der Waals surface area (Å²) >= 11 is 18.6. The van der Waals surface area contributed by atoms with Crippen LogP contribution in [0.2, 0.25) is 10.0 Å². The number of pyridine rings is 1. The first-order valence-corrected chi connectivity index (χ1v) is 6.85. The Morgan fingerprint density at radius 2 is 1.94 bits per heavy atom. The van der Waals surface area contributed by atoms with E-state index in [0.29, 0.717) is 21.7 Å². The third kappa shape index (κ3) is 3.13. The van der Waals surface area contributed by atoms with Crippen LogP contribution in [0.25, 0.3) is 0 Å². The molecule has 88 valence electrons. The number of rotatable bonds is 2. The Hall–Kier alpha value is -0.290. The zero-order valence-electron chi connectivity index (χ0n) is 8.25. The molecule has 0 radical (unpaired) electrons. The van der Waals surface area contributed by atoms with E-state index in [-0.39, 0.29) is 0 Å². The van der Waals surface area contributed by atoms with Crippen LogP contribution in [-0.2, 0) is 0 Å². The first kappa shape index (κ1) is 13.1. The van der Waals surface area contributed by atoms with Crippen LogP contribution in [0.4, 0.5) is 0 Å². The van der Waals surface area contributed by atoms with Crippen molar-refractivity contribution in [1.29, 1.82) is 0 Å². The molecule has 2 aromatic rings. The second-order valence-electron chi connectivity index (χ2n) is 3.09. The van der Waals surface area contributed by atoms with Crippen LogP contribution < -0.4 is 4.74 Å². The maximum absolute atomic E-state index is 6.02. The van der Waals surface area contributed by atoms with Gasteiger partial charge in [0.1, 0.15) is 10.8 Å². The summed E-state index contributed by atoms with van der Waals surface area (Å²) in [6.07, 6.45) is 1.64. The summed E-state index contributed by atoms with van der Waals surface area (Å²) in [5.74, 6) is 0.895. The lowest BCUT2D eigenvalue weighted by Crippen LogP contribution is -1.90. The smallest absolute Gasteiger partial charge is 0.233 e. The Balaban J connectivity index is 2.35. The number of aromatic nitrogens is 1. The second kappa shape index (κ2) is 5.57. The summed E-state index contributed by atoms with van der Waals surface area (Å²) in [5, 5.41) is 0.809. The van der Waals surface area contributed by atoms with Crippen molar-refractivity contribution in [2.24, 2.45) is 0 Å². The summed E-state index contributed by atoms with van der Waals surface area (Å²) in [6.45, 7) is 0. The van der Waals surface area contributed by atoms with Gasteiger partial charge < -0.3 is 4.74 Å². The van der Waals surface area contributed by atoms with Crippen LogP contribution in [0.3, 0.4) is 0 Å². The monoisotopic (exact) mass is 395 g/mol. The minimum absolute atomic E-state index is 0.366. The van der Waals surface area contributed by atoms with Gasteiger partial charge in [-0.25, -0.2) is 4.98 Å². The van der Waals surface area contributed by atoms with E-state index < -0.39 is 0 Å². The molecule has 0 saturated carbocycles. The van der Waals surface area contributed by atoms with Gasteiger partial charge in [-0.1, -0.05) is 29.3 Å². The highest BCUT2D eigenvalue weighted by Gasteiger charge is 2.10. The molecular formula is C11H5Br2Cl2NO. The Morgan fingerprint density at radius 1 is 1.18 bits per heavy atom. The van der Waals surface area contributed by atoms with Crippen LogP contribution in [0.15, 0.2) is 39.4 Å². The maximum Gasteiger partial charge on any atom is 0.233 e. The van der Waals surface area contributed by atoms with Crippen molar-refractivity contribution in [3.05, 3.63) is 49.5 Å². The zero-order chi connectivity index (χ0) is 12.4. The first-order valence-electron chi connectivity index (χ1n) is 4.51. The van der Waals surface area contributed by atoms with E-state index in [1.165, 1.54) is 0 Å². The van der Waals surface area contributed by atoms with Crippen molar-refractivity contribution in [2.45, 2.75) is 0 Å². The molecule has 0 bridgehead atoms. The average Bonchev–Trinajstić information content (AvgIpc) is 2.28. The van der Waals surface area contributed by atoms with E-state index in [1.54, 1.807) is 24.4 Å². The number of ether oxygens (including phenoxy) is 1. The van der Waals surface area contributed by atoms with Crippen molar-refractivity contribution < 1.29 is 4.74 Å². The van der Waals surface area contributed by atoms with Crippen molar-refractivity contribution >= 4 is 55.1 Å². The van der Waals surface area contributed by atoms with Crippen LogP contribution in [-0.4, -0.2) is 4.98 Å². The van der Waals surface area contributed by atoms with E-state index in [4.69, 9.17) is 27.9 Å². The van der Waals surface area contributed by atoms with Crippen LogP contribution in [0.1, 0.15) is 0 Å². The van der Waals surface area contributed by atoms with E-state index in [1.807, 2.05) is 6.07 Å². The fourth-order valence-corrected chi connectivity index (χ4v) is 2.54. The zero-order valence-corrected chi connectivity index (χ0v) is 12.9. The van der Waals surface area contributed by atoms with Crippen LogP contribution in [0.5, 0.6) is 11.6 Å². The van der Waals surface area contributed by atoms with Gasteiger partial charge in [-0.2, -0.15) is 0 Å². The summed E-state index contributed by atoms with van der Waals surface area (Å²) in [6, 6.07) is 7.02. The normalized spacial score (nSPS) is 10.4. The molecule has 2 rings (SSSR count). The van der Waals surface area contributed by atoms with E-state index in [2.05, 4.69) is 36.8 Å². The third-order valence-electron chi connectivity index (χ3n) is 1.90. The van der Waals surface area contributed by atoms with Gasteiger partial charge in [-0.05, 0) is 50.1 Å². The van der Waals surface area contributed by atoms with E-state index >= 15 is 0 Å². The molecule has 0 aliphatic heterocycles. The molecule has 17 heavy (non-hydrogen) atoms. The lowest BCUT2D eigenvalue weighted by atomic mass is 10.3. The summed E-state index contributed by atoms with van der Waals surface area (Å²) in [5.41, 5.74) is 0. The standard InChI is InChI=1S/C11H5Br2Cl2NO/c12-6-4-7(13)11(16-5-6)17-9-3-1-2-8(14)10(9)15/h1-5H. The van der Waals surface area contributed by atoms with Gasteiger partial charge in [0.15, 0.2) is 0 Å². The molecule has 0 fully saturated rings. The molecule has 0 aliphatic rings. The van der Waals surface area contributed by atoms with Gasteiger partial charge >= 0.3 is 0 Å². The fourth-order valence-electron chi connectivity index (χ4n) is 1.14. The number of hydrogen-bond acceptors (Lipinski definition) is 2. The van der Waals surface area contributed by atoms with Gasteiger partial charge in [-0.3, -0.25) is 0 Å². The summed E-state index contributed by atoms with van der Waals surface area (Å²) < 4.78 is 7.16. The van der Waals surface area contributed by atoms with Crippen LogP contribution in [0, 0.1) is 0 Å². The lowest BCUT2D eigenvalue weighted by molar-refractivity contribution is 0.459. The third-order valence-corrected chi connectivity index (χ3v) is 3.70. The number of hydrogen-bond donors (Lipinski definition) is 0. The van der Waals surface area contributed by atoms with Crippen molar-refractivity contribution in [1.82, 2.24) is 4.98 Å². The maximum atomic E-state index is 6.02. The Morgan fingerprint density at radius 3 is 2.65 bits per heavy atom.